The molecule has 1 heterocycles. The van der Waals surface area contributed by atoms with Gasteiger partial charge in [-0.15, -0.1) is 0 Å². The molecule has 5 nitrogen and oxygen atoms in total. The summed E-state index contributed by atoms with van der Waals surface area (Å²) in [5, 5.41) is 7.40. The number of nitrogen functional groups attached to an aromatic ring is 1. The number of ether oxygens (including phenoxy) is 2. The van der Waals surface area contributed by atoms with Gasteiger partial charge in [-0.3, -0.25) is 5.41 Å². The highest BCUT2D eigenvalue weighted by Crippen LogP contribution is 2.32. The number of hydrogen-bond acceptors (Lipinski definition) is 4. The van der Waals surface area contributed by atoms with Gasteiger partial charge >= 0.3 is 0 Å². The first-order valence-electron chi connectivity index (χ1n) is 6.12. The Balaban J connectivity index is 2.31. The molecule has 1 aromatic carbocycles. The summed E-state index contributed by atoms with van der Waals surface area (Å²) in [6, 6.07) is 3.26. The lowest BCUT2D eigenvalue weighted by Crippen LogP contribution is -2.27. The van der Waals surface area contributed by atoms with Gasteiger partial charge in [0.05, 0.1) is 10.2 Å². The zero-order valence-corrected chi connectivity index (χ0v) is 12.9. The Morgan fingerprint density at radius 2 is 1.90 bits per heavy atom. The number of rotatable bonds is 4. The number of hydrogen-bond donors (Lipinski definition) is 2. The third-order valence-corrected chi connectivity index (χ3v) is 4.29. The number of methoxy groups -OCH3 is 2. The van der Waals surface area contributed by atoms with Crippen LogP contribution in [0.2, 0.25) is 0 Å². The zero-order valence-electron chi connectivity index (χ0n) is 11.3. The van der Waals surface area contributed by atoms with Gasteiger partial charge < -0.3 is 20.1 Å². The highest BCUT2D eigenvalue weighted by atomic mass is 79.9. The summed E-state index contributed by atoms with van der Waals surface area (Å²) in [6.45, 7) is 1.11. The molecule has 1 aromatic rings. The standard InChI is InChI=1S/C13H17BrFN3O2/c1-19-9-5-18(6-10(9)20-2)8-4-3-7(13(16)17)11(14)12(8)15/h3-4,9-10H,5-6H2,1-2H3,(H3,16,17). The molecule has 2 unspecified atom stereocenters. The van der Waals surface area contributed by atoms with Crippen molar-refractivity contribution < 1.29 is 13.9 Å². The Bertz CT molecular complexity index is 515. The van der Waals surface area contributed by atoms with Gasteiger partial charge in [-0.25, -0.2) is 4.39 Å². The fourth-order valence-electron chi connectivity index (χ4n) is 2.38. The Hall–Kier alpha value is -1.18. The van der Waals surface area contributed by atoms with Crippen molar-refractivity contribution in [2.75, 3.05) is 32.2 Å². The molecule has 0 aromatic heterocycles. The van der Waals surface area contributed by atoms with E-state index in [1.165, 1.54) is 0 Å². The highest BCUT2D eigenvalue weighted by molar-refractivity contribution is 9.10. The molecule has 2 atom stereocenters. The summed E-state index contributed by atoms with van der Waals surface area (Å²) < 4.78 is 25.3. The van der Waals surface area contributed by atoms with Crippen LogP contribution < -0.4 is 10.6 Å². The van der Waals surface area contributed by atoms with Crippen LogP contribution in [0.4, 0.5) is 10.1 Å². The van der Waals surface area contributed by atoms with Crippen molar-refractivity contribution in [3.05, 3.63) is 28.0 Å². The fraction of sp³-hybridized carbons (Fsp3) is 0.462. The average Bonchev–Trinajstić information content (AvgIpc) is 2.84. The van der Waals surface area contributed by atoms with Crippen LogP contribution in [0.3, 0.4) is 0 Å². The first-order valence-corrected chi connectivity index (χ1v) is 6.91. The minimum absolute atomic E-state index is 0.0920. The highest BCUT2D eigenvalue weighted by Gasteiger charge is 2.34. The Kier molecular flexibility index (Phi) is 4.62. The molecule has 0 aliphatic carbocycles. The third kappa shape index (κ3) is 2.65. The number of halogens is 2. The third-order valence-electron chi connectivity index (χ3n) is 3.51. The molecule has 1 fully saturated rings. The van der Waals surface area contributed by atoms with Crippen LogP contribution in [-0.4, -0.2) is 45.4 Å². The molecule has 0 bridgehead atoms. The first kappa shape index (κ1) is 15.2. The van der Waals surface area contributed by atoms with E-state index in [2.05, 4.69) is 15.9 Å². The summed E-state index contributed by atoms with van der Waals surface area (Å²) in [5.41, 5.74) is 6.20. The monoisotopic (exact) mass is 345 g/mol. The minimum Gasteiger partial charge on any atom is -0.384 e. The van der Waals surface area contributed by atoms with E-state index in [9.17, 15) is 4.39 Å². The molecule has 3 N–H and O–H groups in total. The lowest BCUT2D eigenvalue weighted by molar-refractivity contribution is -0.00461. The van der Waals surface area contributed by atoms with Crippen molar-refractivity contribution in [2.24, 2.45) is 5.73 Å². The maximum absolute atomic E-state index is 14.4. The average molecular weight is 346 g/mol. The maximum Gasteiger partial charge on any atom is 0.161 e. The number of anilines is 1. The van der Waals surface area contributed by atoms with E-state index >= 15 is 0 Å². The van der Waals surface area contributed by atoms with Gasteiger partial charge in [0.2, 0.25) is 0 Å². The molecule has 20 heavy (non-hydrogen) atoms. The zero-order chi connectivity index (χ0) is 14.9. The van der Waals surface area contributed by atoms with Crippen molar-refractivity contribution in [3.63, 3.8) is 0 Å². The molecule has 0 spiro atoms. The molecule has 1 aliphatic heterocycles. The molecular weight excluding hydrogens is 329 g/mol. The van der Waals surface area contributed by atoms with E-state index in [1.807, 2.05) is 4.90 Å². The number of benzene rings is 1. The normalized spacial score (nSPS) is 22.3. The molecule has 0 amide bonds. The van der Waals surface area contributed by atoms with Gasteiger partial charge in [-0.2, -0.15) is 0 Å². The van der Waals surface area contributed by atoms with Gasteiger partial charge in [0, 0.05) is 32.9 Å². The molecule has 110 valence electrons. The van der Waals surface area contributed by atoms with E-state index in [0.717, 1.165) is 0 Å². The molecule has 7 heteroatoms. The van der Waals surface area contributed by atoms with Gasteiger partial charge in [-0.1, -0.05) is 0 Å². The van der Waals surface area contributed by atoms with Crippen LogP contribution in [-0.2, 0) is 9.47 Å². The summed E-state index contributed by atoms with van der Waals surface area (Å²) in [5.74, 6) is -0.599. The summed E-state index contributed by atoms with van der Waals surface area (Å²) >= 11 is 3.16. The number of nitrogens with two attached hydrogens (primary N) is 1. The quantitative estimate of drug-likeness (QED) is 0.643. The molecule has 0 saturated carbocycles. The second-order valence-electron chi connectivity index (χ2n) is 4.63. The van der Waals surface area contributed by atoms with Crippen LogP contribution in [0.15, 0.2) is 16.6 Å². The largest absolute Gasteiger partial charge is 0.384 e. The Labute approximate surface area is 125 Å². The van der Waals surface area contributed by atoms with Crippen LogP contribution >= 0.6 is 15.9 Å². The predicted octanol–water partition coefficient (Wildman–Crippen LogP) is 1.72. The summed E-state index contributed by atoms with van der Waals surface area (Å²) in [7, 11) is 3.23. The number of nitrogens with zero attached hydrogens (tertiary/aromatic N) is 1. The SMILES string of the molecule is COC1CN(c2ccc(C(=N)N)c(Br)c2F)CC1OC. The van der Waals surface area contributed by atoms with Crippen molar-refractivity contribution in [2.45, 2.75) is 12.2 Å². The van der Waals surface area contributed by atoms with Crippen LogP contribution in [0.25, 0.3) is 0 Å². The van der Waals surface area contributed by atoms with E-state index in [4.69, 9.17) is 20.6 Å². The van der Waals surface area contributed by atoms with E-state index in [0.29, 0.717) is 24.3 Å². The van der Waals surface area contributed by atoms with Crippen LogP contribution in [0.5, 0.6) is 0 Å². The second-order valence-corrected chi connectivity index (χ2v) is 5.42. The van der Waals surface area contributed by atoms with Crippen molar-refractivity contribution >= 4 is 27.5 Å². The number of amidine groups is 1. The second kappa shape index (κ2) is 6.07. The Morgan fingerprint density at radius 3 is 2.35 bits per heavy atom. The van der Waals surface area contributed by atoms with Gasteiger partial charge in [-0.05, 0) is 28.1 Å². The summed E-state index contributed by atoms with van der Waals surface area (Å²) in [6.07, 6.45) is -0.184. The van der Waals surface area contributed by atoms with Crippen LogP contribution in [0, 0.1) is 11.2 Å². The molecule has 1 saturated heterocycles. The van der Waals surface area contributed by atoms with E-state index < -0.39 is 5.82 Å². The van der Waals surface area contributed by atoms with Gasteiger partial charge in [0.1, 0.15) is 18.0 Å². The van der Waals surface area contributed by atoms with Crippen LogP contribution in [0.1, 0.15) is 5.56 Å². The smallest absolute Gasteiger partial charge is 0.161 e. The molecule has 1 aliphatic rings. The van der Waals surface area contributed by atoms with E-state index in [1.54, 1.807) is 26.4 Å². The molecular formula is C13H17BrFN3O2. The lowest BCUT2D eigenvalue weighted by atomic mass is 10.1. The van der Waals surface area contributed by atoms with Crippen molar-refractivity contribution in [1.29, 1.82) is 5.41 Å². The predicted molar refractivity (Wildman–Crippen MR) is 78.9 cm³/mol. The summed E-state index contributed by atoms with van der Waals surface area (Å²) in [4.78, 5) is 1.87. The van der Waals surface area contributed by atoms with Crippen molar-refractivity contribution in [1.82, 2.24) is 0 Å². The number of nitrogens with one attached hydrogen (secondary N) is 1. The molecule has 0 radical (unpaired) electrons. The maximum atomic E-state index is 14.4. The van der Waals surface area contributed by atoms with Gasteiger partial charge in [0.15, 0.2) is 5.82 Å². The van der Waals surface area contributed by atoms with Crippen molar-refractivity contribution in [3.8, 4) is 0 Å². The fourth-order valence-corrected chi connectivity index (χ4v) is 2.93. The first-order chi connectivity index (χ1) is 9.49. The Morgan fingerprint density at radius 1 is 1.35 bits per heavy atom. The topological polar surface area (TPSA) is 71.6 Å². The molecule has 2 rings (SSSR count). The van der Waals surface area contributed by atoms with E-state index in [-0.39, 0.29) is 22.5 Å². The minimum atomic E-state index is -0.427. The van der Waals surface area contributed by atoms with Gasteiger partial charge in [0.25, 0.3) is 0 Å². The lowest BCUT2D eigenvalue weighted by Gasteiger charge is -2.20.